The lowest BCUT2D eigenvalue weighted by atomic mass is 10.3. The first-order valence-corrected chi connectivity index (χ1v) is 4.60. The third kappa shape index (κ3) is 1.70. The minimum absolute atomic E-state index is 0.108. The minimum Gasteiger partial charge on any atom is -0.308 e. The Balaban J connectivity index is 2.41. The summed E-state index contributed by atoms with van der Waals surface area (Å²) in [7, 11) is 0. The van der Waals surface area contributed by atoms with Crippen molar-refractivity contribution in [2.45, 2.75) is 13.5 Å². The molecule has 0 radical (unpaired) electrons. The van der Waals surface area contributed by atoms with Crippen molar-refractivity contribution in [3.05, 3.63) is 45.6 Å². The van der Waals surface area contributed by atoms with Crippen molar-refractivity contribution in [3.8, 4) is 6.07 Å². The topological polar surface area (TPSA) is 84.7 Å². The maximum Gasteiger partial charge on any atom is 0.268 e. The lowest BCUT2D eigenvalue weighted by molar-refractivity contribution is 0.300. The molecular formula is C10H8N4O2. The van der Waals surface area contributed by atoms with Gasteiger partial charge >= 0.3 is 0 Å². The molecule has 0 aromatic carbocycles. The van der Waals surface area contributed by atoms with Gasteiger partial charge in [-0.3, -0.25) is 4.79 Å². The van der Waals surface area contributed by atoms with Crippen LogP contribution in [0.4, 0.5) is 0 Å². The van der Waals surface area contributed by atoms with Gasteiger partial charge in [0, 0.05) is 6.20 Å². The van der Waals surface area contributed by atoms with Gasteiger partial charge in [-0.05, 0) is 19.1 Å². The van der Waals surface area contributed by atoms with Crippen molar-refractivity contribution in [1.29, 1.82) is 5.26 Å². The molecule has 0 atom stereocenters. The first-order chi connectivity index (χ1) is 7.72. The van der Waals surface area contributed by atoms with Gasteiger partial charge in [0.25, 0.3) is 5.56 Å². The summed E-state index contributed by atoms with van der Waals surface area (Å²) in [6, 6.07) is 4.96. The smallest absolute Gasteiger partial charge is 0.268 e. The average molecular weight is 216 g/mol. The molecule has 0 N–H and O–H groups in total. The molecular weight excluding hydrogens is 208 g/mol. The Morgan fingerprint density at radius 2 is 2.38 bits per heavy atom. The SMILES string of the molecule is Cc1nonc1Cn1cccc(C#N)c1=O. The van der Waals surface area contributed by atoms with Crippen LogP contribution in [-0.2, 0) is 6.54 Å². The van der Waals surface area contributed by atoms with Gasteiger partial charge in [-0.25, -0.2) is 4.63 Å². The summed E-state index contributed by atoms with van der Waals surface area (Å²) in [5, 5.41) is 16.0. The van der Waals surface area contributed by atoms with Crippen molar-refractivity contribution in [1.82, 2.24) is 14.9 Å². The Labute approximate surface area is 90.7 Å². The largest absolute Gasteiger partial charge is 0.308 e. The Bertz CT molecular complexity index is 606. The lowest BCUT2D eigenvalue weighted by Crippen LogP contribution is -2.22. The summed E-state index contributed by atoms with van der Waals surface area (Å²) >= 11 is 0. The van der Waals surface area contributed by atoms with E-state index in [4.69, 9.17) is 5.26 Å². The van der Waals surface area contributed by atoms with Gasteiger partial charge in [0.15, 0.2) is 0 Å². The molecule has 0 saturated heterocycles. The molecule has 0 unspecified atom stereocenters. The third-order valence-electron chi connectivity index (χ3n) is 2.21. The second-order valence-electron chi connectivity index (χ2n) is 3.26. The summed E-state index contributed by atoms with van der Waals surface area (Å²) in [5.41, 5.74) is 0.982. The van der Waals surface area contributed by atoms with Crippen LogP contribution >= 0.6 is 0 Å². The number of hydrogen-bond donors (Lipinski definition) is 0. The molecule has 6 nitrogen and oxygen atoms in total. The van der Waals surface area contributed by atoms with Gasteiger partial charge in [0.05, 0.1) is 6.54 Å². The molecule has 0 fully saturated rings. The quantitative estimate of drug-likeness (QED) is 0.728. The lowest BCUT2D eigenvalue weighted by Gasteiger charge is -2.02. The normalized spacial score (nSPS) is 10.0. The monoisotopic (exact) mass is 216 g/mol. The molecule has 0 aliphatic heterocycles. The Morgan fingerprint density at radius 3 is 3.00 bits per heavy atom. The van der Waals surface area contributed by atoms with Gasteiger partial charge in [0.2, 0.25) is 0 Å². The molecule has 0 aliphatic carbocycles. The van der Waals surface area contributed by atoms with E-state index in [-0.39, 0.29) is 17.7 Å². The summed E-state index contributed by atoms with van der Waals surface area (Å²) < 4.78 is 5.93. The van der Waals surface area contributed by atoms with Crippen LogP contribution < -0.4 is 5.56 Å². The maximum absolute atomic E-state index is 11.7. The highest BCUT2D eigenvalue weighted by molar-refractivity contribution is 5.25. The van der Waals surface area contributed by atoms with Crippen LogP contribution in [0.1, 0.15) is 17.0 Å². The number of rotatable bonds is 2. The van der Waals surface area contributed by atoms with E-state index in [1.165, 1.54) is 10.6 Å². The third-order valence-corrected chi connectivity index (χ3v) is 2.21. The van der Waals surface area contributed by atoms with E-state index >= 15 is 0 Å². The molecule has 0 amide bonds. The zero-order chi connectivity index (χ0) is 11.5. The minimum atomic E-state index is -0.340. The van der Waals surface area contributed by atoms with Crippen LogP contribution in [0.5, 0.6) is 0 Å². The van der Waals surface area contributed by atoms with Gasteiger partial charge in [-0.2, -0.15) is 5.26 Å². The van der Waals surface area contributed by atoms with E-state index in [1.807, 2.05) is 6.07 Å². The Hall–Kier alpha value is -2.42. The molecule has 16 heavy (non-hydrogen) atoms. The van der Waals surface area contributed by atoms with Crippen LogP contribution in [0.25, 0.3) is 0 Å². The van der Waals surface area contributed by atoms with Crippen LogP contribution in [0.2, 0.25) is 0 Å². The zero-order valence-electron chi connectivity index (χ0n) is 8.54. The molecule has 0 spiro atoms. The van der Waals surface area contributed by atoms with Crippen LogP contribution in [0, 0.1) is 18.3 Å². The fraction of sp³-hybridized carbons (Fsp3) is 0.200. The first kappa shape index (κ1) is 10.1. The van der Waals surface area contributed by atoms with Gasteiger partial charge in [-0.15, -0.1) is 0 Å². The molecule has 6 heteroatoms. The summed E-state index contributed by atoms with van der Waals surface area (Å²) in [6.07, 6.45) is 1.59. The van der Waals surface area contributed by atoms with E-state index in [1.54, 1.807) is 19.2 Å². The second-order valence-corrected chi connectivity index (χ2v) is 3.26. The standard InChI is InChI=1S/C10H8N4O2/c1-7-9(13-16-12-7)6-14-4-2-3-8(5-11)10(14)15/h2-4H,6H2,1H3. The van der Waals surface area contributed by atoms with Crippen LogP contribution in [0.3, 0.4) is 0 Å². The zero-order valence-corrected chi connectivity index (χ0v) is 8.54. The Morgan fingerprint density at radius 1 is 1.56 bits per heavy atom. The Kier molecular flexibility index (Phi) is 2.52. The van der Waals surface area contributed by atoms with Crippen molar-refractivity contribution >= 4 is 0 Å². The number of aryl methyl sites for hydroxylation is 1. The molecule has 2 aromatic rings. The van der Waals surface area contributed by atoms with E-state index in [0.29, 0.717) is 11.4 Å². The van der Waals surface area contributed by atoms with Gasteiger partial charge in [0.1, 0.15) is 23.0 Å². The van der Waals surface area contributed by atoms with E-state index < -0.39 is 0 Å². The highest BCUT2D eigenvalue weighted by Crippen LogP contribution is 2.02. The second kappa shape index (κ2) is 3.98. The van der Waals surface area contributed by atoms with Crippen molar-refractivity contribution in [2.24, 2.45) is 0 Å². The molecule has 2 rings (SSSR count). The van der Waals surface area contributed by atoms with Gasteiger partial charge in [-0.1, -0.05) is 10.3 Å². The van der Waals surface area contributed by atoms with Crippen LogP contribution in [-0.4, -0.2) is 14.9 Å². The predicted octanol–water partition coefficient (Wildman–Crippen LogP) is 0.460. The molecule has 2 heterocycles. The fourth-order valence-electron chi connectivity index (χ4n) is 1.30. The van der Waals surface area contributed by atoms with Crippen LogP contribution in [0.15, 0.2) is 27.8 Å². The fourth-order valence-corrected chi connectivity index (χ4v) is 1.30. The maximum atomic E-state index is 11.7. The number of nitrogens with zero attached hydrogens (tertiary/aromatic N) is 4. The number of aromatic nitrogens is 3. The van der Waals surface area contributed by atoms with E-state index in [9.17, 15) is 4.79 Å². The summed E-state index contributed by atoms with van der Waals surface area (Å²) in [4.78, 5) is 11.7. The van der Waals surface area contributed by atoms with E-state index in [0.717, 1.165) is 0 Å². The average Bonchev–Trinajstić information content (AvgIpc) is 2.68. The number of pyridine rings is 1. The highest BCUT2D eigenvalue weighted by atomic mass is 16.6. The summed E-state index contributed by atoms with van der Waals surface area (Å²) in [5.74, 6) is 0. The highest BCUT2D eigenvalue weighted by Gasteiger charge is 2.08. The molecule has 0 aliphatic rings. The van der Waals surface area contributed by atoms with Crippen molar-refractivity contribution in [3.63, 3.8) is 0 Å². The number of hydrogen-bond acceptors (Lipinski definition) is 5. The molecule has 0 bridgehead atoms. The molecule has 2 aromatic heterocycles. The van der Waals surface area contributed by atoms with Crippen molar-refractivity contribution < 1.29 is 4.63 Å². The number of nitriles is 1. The van der Waals surface area contributed by atoms with Crippen molar-refractivity contribution in [2.75, 3.05) is 0 Å². The molecule has 80 valence electrons. The van der Waals surface area contributed by atoms with E-state index in [2.05, 4.69) is 14.9 Å². The predicted molar refractivity (Wildman–Crippen MR) is 53.6 cm³/mol. The van der Waals surface area contributed by atoms with Gasteiger partial charge < -0.3 is 4.57 Å². The molecule has 0 saturated carbocycles. The first-order valence-electron chi connectivity index (χ1n) is 4.60. The summed E-state index contributed by atoms with van der Waals surface area (Å²) in [6.45, 7) is 1.99.